The summed E-state index contributed by atoms with van der Waals surface area (Å²) in [6.07, 6.45) is 1.13. The normalized spacial score (nSPS) is 12.2. The minimum absolute atomic E-state index is 0.0113. The van der Waals surface area contributed by atoms with Gasteiger partial charge >= 0.3 is 0 Å². The number of rotatable bonds is 4. The van der Waals surface area contributed by atoms with Crippen LogP contribution in [-0.2, 0) is 9.84 Å². The van der Waals surface area contributed by atoms with Crippen molar-refractivity contribution in [2.24, 2.45) is 0 Å². The second-order valence-corrected chi connectivity index (χ2v) is 8.69. The third-order valence-corrected chi connectivity index (χ3v) is 5.95. The van der Waals surface area contributed by atoms with E-state index >= 15 is 0 Å². The third-order valence-electron chi connectivity index (χ3n) is 2.89. The molecule has 5 nitrogen and oxygen atoms in total. The highest BCUT2D eigenvalue weighted by Gasteiger charge is 2.30. The predicted molar refractivity (Wildman–Crippen MR) is 82.1 cm³/mol. The molecule has 1 rings (SSSR count). The molecular weight excluding hydrogens is 381 g/mol. The third kappa shape index (κ3) is 4.07. The molecule has 2 N–H and O–H groups in total. The Bertz CT molecular complexity index is 596. The van der Waals surface area contributed by atoms with E-state index in [1.165, 1.54) is 6.07 Å². The molecule has 106 valence electrons. The molecule has 0 saturated carbocycles. The number of carbonyl (C=O) groups is 1. The van der Waals surface area contributed by atoms with E-state index in [4.69, 9.17) is 0 Å². The van der Waals surface area contributed by atoms with Crippen LogP contribution in [0.25, 0.3) is 0 Å². The summed E-state index contributed by atoms with van der Waals surface area (Å²) < 4.78 is 22.6. The Morgan fingerprint density at radius 3 is 2.47 bits per heavy atom. The Morgan fingerprint density at radius 1 is 1.42 bits per heavy atom. The van der Waals surface area contributed by atoms with E-state index in [9.17, 15) is 18.3 Å². The molecule has 1 aromatic carbocycles. The zero-order valence-electron chi connectivity index (χ0n) is 10.9. The molecule has 0 radical (unpaired) electrons. The minimum Gasteiger partial charge on any atom is -0.507 e. The monoisotopic (exact) mass is 397 g/mol. The second kappa shape index (κ2) is 5.66. The van der Waals surface area contributed by atoms with Crippen LogP contribution < -0.4 is 5.32 Å². The van der Waals surface area contributed by atoms with Gasteiger partial charge in [-0.05, 0) is 54.6 Å². The highest BCUT2D eigenvalue weighted by Crippen LogP contribution is 2.20. The van der Waals surface area contributed by atoms with Crippen LogP contribution in [0.4, 0.5) is 0 Å². The first-order valence-corrected chi connectivity index (χ1v) is 8.48. The van der Waals surface area contributed by atoms with Crippen LogP contribution in [-0.4, -0.2) is 37.0 Å². The Hall–Kier alpha value is -0.830. The van der Waals surface area contributed by atoms with Gasteiger partial charge in [0.1, 0.15) is 5.75 Å². The molecule has 0 saturated heterocycles. The van der Waals surface area contributed by atoms with Crippen molar-refractivity contribution in [3.05, 3.63) is 27.3 Å². The van der Waals surface area contributed by atoms with Crippen molar-refractivity contribution in [1.29, 1.82) is 0 Å². The summed E-state index contributed by atoms with van der Waals surface area (Å²) in [6.45, 7) is 3.11. The maximum atomic E-state index is 11.9. The first-order chi connectivity index (χ1) is 8.54. The molecular formula is C12H16INO4S. The first kappa shape index (κ1) is 16.2. The van der Waals surface area contributed by atoms with Gasteiger partial charge in [-0.2, -0.15) is 0 Å². The van der Waals surface area contributed by atoms with Gasteiger partial charge in [-0.15, -0.1) is 0 Å². The van der Waals surface area contributed by atoms with Gasteiger partial charge < -0.3 is 10.4 Å². The lowest BCUT2D eigenvalue weighted by molar-refractivity contribution is 0.0950. The highest BCUT2D eigenvalue weighted by atomic mass is 127. The average molecular weight is 397 g/mol. The molecule has 1 amide bonds. The summed E-state index contributed by atoms with van der Waals surface area (Å²) in [5.74, 6) is -0.390. The van der Waals surface area contributed by atoms with Crippen LogP contribution in [0.2, 0.25) is 0 Å². The number of phenolic OH excluding ortho intramolecular Hbond substituents is 1. The van der Waals surface area contributed by atoms with Crippen molar-refractivity contribution in [3.63, 3.8) is 0 Å². The lowest BCUT2D eigenvalue weighted by atomic mass is 10.1. The summed E-state index contributed by atoms with van der Waals surface area (Å²) >= 11 is 1.95. The van der Waals surface area contributed by atoms with Gasteiger partial charge in [-0.1, -0.05) is 0 Å². The van der Waals surface area contributed by atoms with Crippen LogP contribution in [0.5, 0.6) is 5.75 Å². The Balaban J connectivity index is 2.79. The number of aromatic hydroxyl groups is 1. The number of phenols is 1. The van der Waals surface area contributed by atoms with E-state index in [0.717, 1.165) is 6.26 Å². The van der Waals surface area contributed by atoms with Crippen LogP contribution in [0, 0.1) is 3.57 Å². The molecule has 0 atom stereocenters. The SMILES string of the molecule is CC(C)(CNC(=O)c1ccc(I)c(O)c1)S(C)(=O)=O. The van der Waals surface area contributed by atoms with Crippen LogP contribution in [0.1, 0.15) is 24.2 Å². The number of carbonyl (C=O) groups excluding carboxylic acids is 1. The van der Waals surface area contributed by atoms with Gasteiger partial charge in [0, 0.05) is 18.4 Å². The van der Waals surface area contributed by atoms with Gasteiger partial charge in [0.15, 0.2) is 9.84 Å². The van der Waals surface area contributed by atoms with E-state index in [2.05, 4.69) is 5.32 Å². The summed E-state index contributed by atoms with van der Waals surface area (Å²) in [4.78, 5) is 11.9. The maximum absolute atomic E-state index is 11.9. The Morgan fingerprint density at radius 2 is 2.00 bits per heavy atom. The molecule has 0 spiro atoms. The average Bonchev–Trinajstić information content (AvgIpc) is 2.28. The molecule has 0 aliphatic carbocycles. The Labute approximate surface area is 126 Å². The fraction of sp³-hybridized carbons (Fsp3) is 0.417. The minimum atomic E-state index is -3.26. The zero-order chi connectivity index (χ0) is 14.8. The summed E-state index contributed by atoms with van der Waals surface area (Å²) in [5.41, 5.74) is 0.294. The van der Waals surface area contributed by atoms with Crippen molar-refractivity contribution in [2.45, 2.75) is 18.6 Å². The molecule has 1 aromatic rings. The Kier molecular flexibility index (Phi) is 4.83. The first-order valence-electron chi connectivity index (χ1n) is 5.51. The van der Waals surface area contributed by atoms with Crippen LogP contribution in [0.15, 0.2) is 18.2 Å². The fourth-order valence-electron chi connectivity index (χ4n) is 1.18. The van der Waals surface area contributed by atoms with Crippen molar-refractivity contribution in [2.75, 3.05) is 12.8 Å². The van der Waals surface area contributed by atoms with Gasteiger partial charge in [0.05, 0.1) is 8.32 Å². The molecule has 0 bridgehead atoms. The van der Waals surface area contributed by atoms with Gasteiger partial charge in [-0.25, -0.2) is 8.42 Å². The standard InChI is InChI=1S/C12H16INO4S/c1-12(2,19(3,17)18)7-14-11(16)8-4-5-9(13)10(15)6-8/h4-6,15H,7H2,1-3H3,(H,14,16). The number of halogens is 1. The van der Waals surface area contributed by atoms with Crippen molar-refractivity contribution in [3.8, 4) is 5.75 Å². The number of amides is 1. The molecule has 0 aromatic heterocycles. The number of hydrogen-bond acceptors (Lipinski definition) is 4. The summed E-state index contributed by atoms with van der Waals surface area (Å²) in [6, 6.07) is 4.54. The quantitative estimate of drug-likeness (QED) is 0.756. The van der Waals surface area contributed by atoms with Crippen LogP contribution >= 0.6 is 22.6 Å². The molecule has 0 heterocycles. The second-order valence-electron chi connectivity index (χ2n) is 4.88. The topological polar surface area (TPSA) is 83.5 Å². The molecule has 0 aliphatic rings. The van der Waals surface area contributed by atoms with Gasteiger partial charge in [0.25, 0.3) is 5.91 Å². The van der Waals surface area contributed by atoms with Gasteiger partial charge in [-0.3, -0.25) is 4.79 Å². The lowest BCUT2D eigenvalue weighted by Gasteiger charge is -2.22. The number of nitrogens with one attached hydrogen (secondary N) is 1. The maximum Gasteiger partial charge on any atom is 0.251 e. The molecule has 0 fully saturated rings. The zero-order valence-corrected chi connectivity index (χ0v) is 13.9. The fourth-order valence-corrected chi connectivity index (χ4v) is 1.85. The number of sulfone groups is 1. The molecule has 0 unspecified atom stereocenters. The highest BCUT2D eigenvalue weighted by molar-refractivity contribution is 14.1. The molecule has 0 aliphatic heterocycles. The van der Waals surface area contributed by atoms with E-state index < -0.39 is 20.5 Å². The number of hydrogen-bond donors (Lipinski definition) is 2. The molecule has 7 heteroatoms. The van der Waals surface area contributed by atoms with E-state index in [-0.39, 0.29) is 12.3 Å². The van der Waals surface area contributed by atoms with E-state index in [0.29, 0.717) is 9.13 Å². The summed E-state index contributed by atoms with van der Waals surface area (Å²) in [7, 11) is -3.26. The molecule has 19 heavy (non-hydrogen) atoms. The smallest absolute Gasteiger partial charge is 0.251 e. The van der Waals surface area contributed by atoms with E-state index in [1.807, 2.05) is 22.6 Å². The predicted octanol–water partition coefficient (Wildman–Crippen LogP) is 1.55. The summed E-state index contributed by atoms with van der Waals surface area (Å²) in [5, 5.41) is 12.1. The van der Waals surface area contributed by atoms with Crippen molar-refractivity contribution >= 4 is 38.3 Å². The largest absolute Gasteiger partial charge is 0.507 e. The number of benzene rings is 1. The lowest BCUT2D eigenvalue weighted by Crippen LogP contribution is -2.43. The van der Waals surface area contributed by atoms with E-state index in [1.54, 1.807) is 26.0 Å². The van der Waals surface area contributed by atoms with Crippen molar-refractivity contribution < 1.29 is 18.3 Å². The van der Waals surface area contributed by atoms with Crippen LogP contribution in [0.3, 0.4) is 0 Å². The van der Waals surface area contributed by atoms with Gasteiger partial charge in [0.2, 0.25) is 0 Å². The van der Waals surface area contributed by atoms with Crippen molar-refractivity contribution in [1.82, 2.24) is 5.32 Å².